The molecule has 0 bridgehead atoms. The van der Waals surface area contributed by atoms with Gasteiger partial charge in [-0.3, -0.25) is 4.79 Å². The first-order valence-electron chi connectivity index (χ1n) is 10.9. The third kappa shape index (κ3) is 5.52. The number of methoxy groups -OCH3 is 1. The Hall–Kier alpha value is -3.50. The summed E-state index contributed by atoms with van der Waals surface area (Å²) in [6.07, 6.45) is 6.53. The van der Waals surface area contributed by atoms with E-state index >= 15 is 0 Å². The predicted octanol–water partition coefficient (Wildman–Crippen LogP) is 2.43. The third-order valence-electron chi connectivity index (χ3n) is 5.60. The summed E-state index contributed by atoms with van der Waals surface area (Å²) in [5.74, 6) is 1.62. The number of carbonyl (C=O) groups excluding carboxylic acids is 1. The number of benzene rings is 1. The Morgan fingerprint density at radius 1 is 1.26 bits per heavy atom. The van der Waals surface area contributed by atoms with Gasteiger partial charge in [0, 0.05) is 36.7 Å². The van der Waals surface area contributed by atoms with E-state index in [0.29, 0.717) is 34.9 Å². The number of carbonyl (C=O) groups is 1. The highest BCUT2D eigenvalue weighted by molar-refractivity contribution is 6.31. The van der Waals surface area contributed by atoms with E-state index in [0.717, 1.165) is 24.9 Å². The quantitative estimate of drug-likeness (QED) is 0.420. The Kier molecular flexibility index (Phi) is 7.71. The van der Waals surface area contributed by atoms with Crippen molar-refractivity contribution in [3.05, 3.63) is 64.8 Å². The summed E-state index contributed by atoms with van der Waals surface area (Å²) >= 11 is 6.39. The first-order valence-corrected chi connectivity index (χ1v) is 11.3. The summed E-state index contributed by atoms with van der Waals surface area (Å²) in [4.78, 5) is 32.2. The van der Waals surface area contributed by atoms with E-state index in [1.807, 2.05) is 17.0 Å². The minimum absolute atomic E-state index is 0.0207. The van der Waals surface area contributed by atoms with Crippen molar-refractivity contribution in [1.29, 1.82) is 0 Å². The maximum absolute atomic E-state index is 13.0. The van der Waals surface area contributed by atoms with E-state index in [2.05, 4.69) is 30.6 Å². The fraction of sp³-hybridized carbons (Fsp3) is 0.348. The average Bonchev–Trinajstić information content (AvgIpc) is 3.36. The van der Waals surface area contributed by atoms with Crippen LogP contribution in [0.4, 0.5) is 11.8 Å². The summed E-state index contributed by atoms with van der Waals surface area (Å²) in [6.45, 7) is 1.27. The second-order valence-corrected chi connectivity index (χ2v) is 8.17. The first-order chi connectivity index (χ1) is 16.6. The van der Waals surface area contributed by atoms with Crippen LogP contribution in [0, 0.1) is 0 Å². The van der Waals surface area contributed by atoms with E-state index < -0.39 is 0 Å². The van der Waals surface area contributed by atoms with E-state index in [9.17, 15) is 9.90 Å². The molecule has 0 radical (unpaired) electrons. The van der Waals surface area contributed by atoms with Crippen LogP contribution in [0.25, 0.3) is 0 Å². The van der Waals surface area contributed by atoms with Gasteiger partial charge in [0.05, 0.1) is 26.3 Å². The molecule has 1 amide bonds. The molecule has 3 N–H and O–H groups in total. The minimum Gasteiger partial charge on any atom is -0.497 e. The molecule has 3 heterocycles. The number of aliphatic hydroxyl groups excluding tert-OH is 1. The van der Waals surface area contributed by atoms with Crippen LogP contribution in [0.5, 0.6) is 5.75 Å². The molecule has 1 atom stereocenters. The number of rotatable bonds is 9. The number of halogens is 1. The van der Waals surface area contributed by atoms with Crippen LogP contribution in [-0.4, -0.2) is 57.3 Å². The summed E-state index contributed by atoms with van der Waals surface area (Å²) in [7, 11) is 1.58. The topological polar surface area (TPSA) is 125 Å². The van der Waals surface area contributed by atoms with E-state index in [1.165, 1.54) is 6.20 Å². The summed E-state index contributed by atoms with van der Waals surface area (Å²) < 4.78 is 5.21. The van der Waals surface area contributed by atoms with Crippen molar-refractivity contribution in [2.75, 3.05) is 30.5 Å². The van der Waals surface area contributed by atoms with Crippen molar-refractivity contribution in [3.8, 4) is 5.75 Å². The lowest BCUT2D eigenvalue weighted by Crippen LogP contribution is -2.34. The SMILES string of the molecule is COc1ccc(CNc2nc(N3CCCC3CO)ncc2C(=O)NCc2ncccn2)c(Cl)c1. The molecule has 1 aliphatic heterocycles. The molecule has 1 aromatic carbocycles. The third-order valence-corrected chi connectivity index (χ3v) is 5.95. The second kappa shape index (κ2) is 11.1. The Morgan fingerprint density at radius 3 is 2.82 bits per heavy atom. The van der Waals surface area contributed by atoms with Crippen LogP contribution >= 0.6 is 11.6 Å². The van der Waals surface area contributed by atoms with Gasteiger partial charge in [0.1, 0.15) is 23.0 Å². The first kappa shape index (κ1) is 23.7. The van der Waals surface area contributed by atoms with Gasteiger partial charge in [-0.25, -0.2) is 15.0 Å². The van der Waals surface area contributed by atoms with Crippen molar-refractivity contribution in [2.24, 2.45) is 0 Å². The van der Waals surface area contributed by atoms with Crippen molar-refractivity contribution in [2.45, 2.75) is 32.0 Å². The smallest absolute Gasteiger partial charge is 0.256 e. The van der Waals surface area contributed by atoms with E-state index in [-0.39, 0.29) is 30.7 Å². The molecule has 2 aromatic heterocycles. The Morgan fingerprint density at radius 2 is 2.09 bits per heavy atom. The van der Waals surface area contributed by atoms with Gasteiger partial charge in [-0.05, 0) is 36.6 Å². The van der Waals surface area contributed by atoms with Gasteiger partial charge in [-0.15, -0.1) is 0 Å². The standard InChI is InChI=1S/C23H26ClN7O3/c1-34-17-6-5-15(19(24)10-17)11-27-21-18(22(33)28-13-20-25-7-3-8-26-20)12-29-23(30-21)31-9-2-4-16(31)14-32/h3,5-8,10,12,16,32H,2,4,9,11,13-14H2,1H3,(H,28,33)(H,27,29,30). The zero-order chi connectivity index (χ0) is 23.9. The lowest BCUT2D eigenvalue weighted by molar-refractivity contribution is 0.0950. The molecule has 3 aromatic rings. The maximum Gasteiger partial charge on any atom is 0.256 e. The number of anilines is 2. The van der Waals surface area contributed by atoms with Gasteiger partial charge < -0.3 is 25.4 Å². The average molecular weight is 484 g/mol. The Labute approximate surface area is 202 Å². The number of aliphatic hydroxyl groups is 1. The van der Waals surface area contributed by atoms with Crippen LogP contribution in [0.2, 0.25) is 5.02 Å². The van der Waals surface area contributed by atoms with Gasteiger partial charge >= 0.3 is 0 Å². The van der Waals surface area contributed by atoms with E-state index in [4.69, 9.17) is 16.3 Å². The van der Waals surface area contributed by atoms with Crippen molar-refractivity contribution < 1.29 is 14.6 Å². The van der Waals surface area contributed by atoms with Crippen molar-refractivity contribution in [3.63, 3.8) is 0 Å². The Balaban J connectivity index is 1.57. The fourth-order valence-corrected chi connectivity index (χ4v) is 3.99. The monoisotopic (exact) mass is 483 g/mol. The highest BCUT2D eigenvalue weighted by atomic mass is 35.5. The zero-order valence-corrected chi connectivity index (χ0v) is 19.5. The molecule has 0 saturated carbocycles. The molecule has 1 aliphatic rings. The molecule has 0 spiro atoms. The highest BCUT2D eigenvalue weighted by Gasteiger charge is 2.27. The number of nitrogens with zero attached hydrogens (tertiary/aromatic N) is 5. The second-order valence-electron chi connectivity index (χ2n) is 7.76. The lowest BCUT2D eigenvalue weighted by atomic mass is 10.2. The summed E-state index contributed by atoms with van der Waals surface area (Å²) in [5, 5.41) is 16.3. The maximum atomic E-state index is 13.0. The normalized spacial score (nSPS) is 15.3. The van der Waals surface area contributed by atoms with Crippen molar-refractivity contribution >= 4 is 29.3 Å². The molecule has 1 fully saturated rings. The van der Waals surface area contributed by atoms with Crippen molar-refractivity contribution in [1.82, 2.24) is 25.3 Å². The fourth-order valence-electron chi connectivity index (χ4n) is 3.75. The number of amides is 1. The highest BCUT2D eigenvalue weighted by Crippen LogP contribution is 2.26. The molecule has 1 saturated heterocycles. The number of nitrogens with one attached hydrogen (secondary N) is 2. The largest absolute Gasteiger partial charge is 0.497 e. The van der Waals surface area contributed by atoms with E-state index in [1.54, 1.807) is 31.6 Å². The number of hydrogen-bond donors (Lipinski definition) is 3. The van der Waals surface area contributed by atoms with Gasteiger partial charge in [-0.1, -0.05) is 17.7 Å². The molecule has 1 unspecified atom stereocenters. The lowest BCUT2D eigenvalue weighted by Gasteiger charge is -2.24. The molecular weight excluding hydrogens is 458 g/mol. The molecule has 11 heteroatoms. The van der Waals surface area contributed by atoms with Crippen LogP contribution in [0.3, 0.4) is 0 Å². The molecule has 34 heavy (non-hydrogen) atoms. The van der Waals surface area contributed by atoms with Gasteiger partial charge in [0.15, 0.2) is 0 Å². The van der Waals surface area contributed by atoms with Gasteiger partial charge in [0.25, 0.3) is 5.91 Å². The number of aromatic nitrogens is 4. The molecular formula is C23H26ClN7O3. The van der Waals surface area contributed by atoms with Gasteiger partial charge in [-0.2, -0.15) is 4.98 Å². The summed E-state index contributed by atoms with van der Waals surface area (Å²) in [5.41, 5.74) is 1.10. The Bertz CT molecular complexity index is 1130. The van der Waals surface area contributed by atoms with Crippen LogP contribution < -0.4 is 20.3 Å². The van der Waals surface area contributed by atoms with Crippen LogP contribution in [-0.2, 0) is 13.1 Å². The minimum atomic E-state index is -0.359. The summed E-state index contributed by atoms with van der Waals surface area (Å²) in [6, 6.07) is 7.07. The van der Waals surface area contributed by atoms with Crippen LogP contribution in [0.1, 0.15) is 34.6 Å². The van der Waals surface area contributed by atoms with Crippen LogP contribution in [0.15, 0.2) is 42.9 Å². The number of hydrogen-bond acceptors (Lipinski definition) is 9. The molecule has 10 nitrogen and oxygen atoms in total. The predicted molar refractivity (Wildman–Crippen MR) is 128 cm³/mol. The molecule has 178 valence electrons. The number of ether oxygens (including phenoxy) is 1. The van der Waals surface area contributed by atoms with Gasteiger partial charge in [0.2, 0.25) is 5.95 Å². The molecule has 4 rings (SSSR count). The molecule has 0 aliphatic carbocycles. The zero-order valence-electron chi connectivity index (χ0n) is 18.7.